The SMILES string of the molecule is COc1nc(NC2CC(N(CC(=O)O)CC3CC3)C2)ncc1Br. The Balaban J connectivity index is 1.52. The molecule has 1 aromatic heterocycles. The van der Waals surface area contributed by atoms with Crippen LogP contribution in [0.5, 0.6) is 5.88 Å². The molecule has 0 aromatic carbocycles. The van der Waals surface area contributed by atoms with E-state index in [0.29, 0.717) is 28.3 Å². The summed E-state index contributed by atoms with van der Waals surface area (Å²) in [6, 6.07) is 0.614. The van der Waals surface area contributed by atoms with Crippen molar-refractivity contribution in [2.24, 2.45) is 5.92 Å². The van der Waals surface area contributed by atoms with Gasteiger partial charge in [-0.1, -0.05) is 0 Å². The van der Waals surface area contributed by atoms with Gasteiger partial charge in [-0.3, -0.25) is 9.69 Å². The number of carboxylic acid groups (broad SMARTS) is 1. The minimum atomic E-state index is -0.747. The first-order valence-electron chi connectivity index (χ1n) is 7.84. The molecule has 1 aromatic rings. The van der Waals surface area contributed by atoms with E-state index in [1.807, 2.05) is 0 Å². The van der Waals surface area contributed by atoms with Crippen molar-refractivity contribution >= 4 is 27.8 Å². The summed E-state index contributed by atoms with van der Waals surface area (Å²) in [5.41, 5.74) is 0. The van der Waals surface area contributed by atoms with E-state index in [1.165, 1.54) is 12.8 Å². The third-order valence-electron chi connectivity index (χ3n) is 4.40. The maximum absolute atomic E-state index is 11.0. The number of carboxylic acids is 1. The molecule has 2 N–H and O–H groups in total. The monoisotopic (exact) mass is 384 g/mol. The number of halogens is 1. The summed E-state index contributed by atoms with van der Waals surface area (Å²) in [7, 11) is 1.57. The fourth-order valence-corrected chi connectivity index (χ4v) is 3.25. The van der Waals surface area contributed by atoms with Crippen LogP contribution < -0.4 is 10.1 Å². The molecule has 126 valence electrons. The number of carbonyl (C=O) groups is 1. The molecule has 8 heteroatoms. The number of aliphatic carboxylic acids is 1. The van der Waals surface area contributed by atoms with Crippen LogP contribution in [0.3, 0.4) is 0 Å². The third-order valence-corrected chi connectivity index (χ3v) is 4.94. The van der Waals surface area contributed by atoms with Gasteiger partial charge >= 0.3 is 5.97 Å². The number of hydrogen-bond acceptors (Lipinski definition) is 6. The molecule has 0 aliphatic heterocycles. The minimum Gasteiger partial charge on any atom is -0.480 e. The quantitative estimate of drug-likeness (QED) is 0.708. The zero-order valence-corrected chi connectivity index (χ0v) is 14.6. The number of nitrogens with zero attached hydrogens (tertiary/aromatic N) is 3. The van der Waals surface area contributed by atoms with Crippen LogP contribution in [0.1, 0.15) is 25.7 Å². The van der Waals surface area contributed by atoms with E-state index in [9.17, 15) is 4.79 Å². The predicted octanol–water partition coefficient (Wildman–Crippen LogP) is 1.99. The molecule has 7 nitrogen and oxygen atoms in total. The van der Waals surface area contributed by atoms with E-state index in [2.05, 4.69) is 36.1 Å². The van der Waals surface area contributed by atoms with Crippen LogP contribution in [0.2, 0.25) is 0 Å². The summed E-state index contributed by atoms with van der Waals surface area (Å²) in [6.07, 6.45) is 5.96. The summed E-state index contributed by atoms with van der Waals surface area (Å²) >= 11 is 3.33. The van der Waals surface area contributed by atoms with Gasteiger partial charge in [-0.05, 0) is 47.5 Å². The zero-order chi connectivity index (χ0) is 16.4. The first-order valence-corrected chi connectivity index (χ1v) is 8.63. The Bertz CT molecular complexity index is 576. The largest absolute Gasteiger partial charge is 0.480 e. The molecule has 0 atom stereocenters. The Hall–Kier alpha value is -1.41. The van der Waals surface area contributed by atoms with Crippen LogP contribution in [0.25, 0.3) is 0 Å². The Kier molecular flexibility index (Phi) is 5.01. The van der Waals surface area contributed by atoms with Crippen molar-refractivity contribution in [3.63, 3.8) is 0 Å². The highest BCUT2D eigenvalue weighted by Gasteiger charge is 2.37. The van der Waals surface area contributed by atoms with Gasteiger partial charge in [-0.15, -0.1) is 0 Å². The van der Waals surface area contributed by atoms with Gasteiger partial charge in [0.2, 0.25) is 11.8 Å². The predicted molar refractivity (Wildman–Crippen MR) is 88.6 cm³/mol. The van der Waals surface area contributed by atoms with Crippen LogP contribution in [0.4, 0.5) is 5.95 Å². The van der Waals surface area contributed by atoms with Crippen LogP contribution in [-0.4, -0.2) is 58.2 Å². The molecule has 3 rings (SSSR count). The highest BCUT2D eigenvalue weighted by Crippen LogP contribution is 2.34. The van der Waals surface area contributed by atoms with Gasteiger partial charge in [0.1, 0.15) is 0 Å². The van der Waals surface area contributed by atoms with Gasteiger partial charge in [0.25, 0.3) is 0 Å². The molecule has 1 heterocycles. The molecule has 0 unspecified atom stereocenters. The zero-order valence-electron chi connectivity index (χ0n) is 13.0. The molecule has 0 saturated heterocycles. The summed E-state index contributed by atoms with van der Waals surface area (Å²) < 4.78 is 5.88. The number of rotatable bonds is 8. The smallest absolute Gasteiger partial charge is 0.317 e. The number of methoxy groups -OCH3 is 1. The Morgan fingerprint density at radius 3 is 2.87 bits per heavy atom. The van der Waals surface area contributed by atoms with Crippen LogP contribution in [0.15, 0.2) is 10.7 Å². The van der Waals surface area contributed by atoms with Gasteiger partial charge in [-0.25, -0.2) is 4.98 Å². The van der Waals surface area contributed by atoms with Crippen molar-refractivity contribution in [1.82, 2.24) is 14.9 Å². The fourth-order valence-electron chi connectivity index (χ4n) is 2.90. The van der Waals surface area contributed by atoms with Crippen molar-refractivity contribution in [1.29, 1.82) is 0 Å². The van der Waals surface area contributed by atoms with Gasteiger partial charge in [0, 0.05) is 18.6 Å². The normalized spacial score (nSPS) is 23.4. The summed E-state index contributed by atoms with van der Waals surface area (Å²) in [5.74, 6) is 0.989. The van der Waals surface area contributed by atoms with Crippen LogP contribution in [0, 0.1) is 5.92 Å². The standard InChI is InChI=1S/C15H21BrN4O3/c1-23-14-12(16)6-17-15(19-14)18-10-4-11(5-10)20(8-13(21)22)7-9-2-3-9/h6,9-11H,2-5,7-8H2,1H3,(H,21,22)(H,17,18,19). The van der Waals surface area contributed by atoms with Crippen LogP contribution in [-0.2, 0) is 4.79 Å². The maximum Gasteiger partial charge on any atom is 0.317 e. The molecule has 0 amide bonds. The highest BCUT2D eigenvalue weighted by molar-refractivity contribution is 9.10. The van der Waals surface area contributed by atoms with E-state index in [-0.39, 0.29) is 12.6 Å². The number of hydrogen-bond donors (Lipinski definition) is 2. The Labute approximate surface area is 143 Å². The van der Waals surface area contributed by atoms with E-state index >= 15 is 0 Å². The second-order valence-electron chi connectivity index (χ2n) is 6.28. The molecule has 0 bridgehead atoms. The van der Waals surface area contributed by atoms with Gasteiger partial charge < -0.3 is 15.2 Å². The van der Waals surface area contributed by atoms with Gasteiger partial charge in [0.15, 0.2) is 0 Å². The Morgan fingerprint density at radius 2 is 2.26 bits per heavy atom. The average Bonchev–Trinajstić information content (AvgIpc) is 3.27. The first kappa shape index (κ1) is 16.4. The van der Waals surface area contributed by atoms with Crippen molar-refractivity contribution in [2.45, 2.75) is 37.8 Å². The Morgan fingerprint density at radius 1 is 1.52 bits per heavy atom. The summed E-state index contributed by atoms with van der Waals surface area (Å²) in [5, 5.41) is 12.4. The molecular formula is C15H21BrN4O3. The minimum absolute atomic E-state index is 0.135. The molecule has 2 fully saturated rings. The maximum atomic E-state index is 11.0. The molecule has 0 spiro atoms. The second kappa shape index (κ2) is 7.00. The number of nitrogens with one attached hydrogen (secondary N) is 1. The lowest BCUT2D eigenvalue weighted by molar-refractivity contribution is -0.139. The highest BCUT2D eigenvalue weighted by atomic mass is 79.9. The molecule has 2 aliphatic rings. The van der Waals surface area contributed by atoms with Gasteiger partial charge in [-0.2, -0.15) is 4.98 Å². The molecular weight excluding hydrogens is 364 g/mol. The number of aromatic nitrogens is 2. The first-order chi connectivity index (χ1) is 11.0. The van der Waals surface area contributed by atoms with E-state index in [1.54, 1.807) is 13.3 Å². The van der Waals surface area contributed by atoms with E-state index in [4.69, 9.17) is 9.84 Å². The summed E-state index contributed by atoms with van der Waals surface area (Å²) in [4.78, 5) is 21.7. The number of anilines is 1. The molecule has 0 radical (unpaired) electrons. The average molecular weight is 385 g/mol. The second-order valence-corrected chi connectivity index (χ2v) is 7.14. The van der Waals surface area contributed by atoms with Crippen molar-refractivity contribution in [3.8, 4) is 5.88 Å². The fraction of sp³-hybridized carbons (Fsp3) is 0.667. The molecule has 2 saturated carbocycles. The lowest BCUT2D eigenvalue weighted by atomic mass is 9.85. The van der Waals surface area contributed by atoms with Crippen molar-refractivity contribution in [2.75, 3.05) is 25.5 Å². The van der Waals surface area contributed by atoms with Gasteiger partial charge in [0.05, 0.1) is 24.3 Å². The number of ether oxygens (including phenoxy) is 1. The van der Waals surface area contributed by atoms with E-state index < -0.39 is 5.97 Å². The van der Waals surface area contributed by atoms with Crippen LogP contribution >= 0.6 is 15.9 Å². The third kappa shape index (κ3) is 4.32. The molecule has 23 heavy (non-hydrogen) atoms. The topological polar surface area (TPSA) is 87.6 Å². The van der Waals surface area contributed by atoms with Crippen molar-refractivity contribution < 1.29 is 14.6 Å². The summed E-state index contributed by atoms with van der Waals surface area (Å²) in [6.45, 7) is 1.04. The lowest BCUT2D eigenvalue weighted by Gasteiger charge is -2.42. The van der Waals surface area contributed by atoms with Crippen molar-refractivity contribution in [3.05, 3.63) is 10.7 Å². The lowest BCUT2D eigenvalue weighted by Crippen LogP contribution is -2.52. The van der Waals surface area contributed by atoms with E-state index in [0.717, 1.165) is 19.4 Å². The molecule has 2 aliphatic carbocycles.